The Kier molecular flexibility index (Phi) is 2.80. The summed E-state index contributed by atoms with van der Waals surface area (Å²) in [6.07, 6.45) is 3.77. The number of anilines is 2. The number of nitrogens with zero attached hydrogens (tertiary/aromatic N) is 2. The molecule has 0 radical (unpaired) electrons. The van der Waals surface area contributed by atoms with Crippen LogP contribution in [0.3, 0.4) is 0 Å². The summed E-state index contributed by atoms with van der Waals surface area (Å²) in [6, 6.07) is 4.67. The molecule has 1 aliphatic heterocycles. The van der Waals surface area contributed by atoms with Gasteiger partial charge in [-0.3, -0.25) is 0 Å². The van der Waals surface area contributed by atoms with Crippen LogP contribution in [0.1, 0.15) is 31.9 Å². The van der Waals surface area contributed by atoms with Crippen LogP contribution in [-0.4, -0.2) is 17.6 Å². The van der Waals surface area contributed by atoms with Crippen molar-refractivity contribution in [3.8, 4) is 0 Å². The topological polar surface area (TPSA) is 42.1 Å². The van der Waals surface area contributed by atoms with Gasteiger partial charge in [0.05, 0.1) is 11.4 Å². The average molecular weight is 205 g/mol. The standard InChI is InChI=1S/C12H19N3/c1-3-10-5-4-8-15(10)12-7-6-11(13)9(2)14-12/h6-7,10H,3-5,8,13H2,1-2H3. The lowest BCUT2D eigenvalue weighted by Gasteiger charge is -2.25. The second kappa shape index (κ2) is 4.09. The van der Waals surface area contributed by atoms with Crippen LogP contribution >= 0.6 is 0 Å². The minimum Gasteiger partial charge on any atom is -0.397 e. The lowest BCUT2D eigenvalue weighted by atomic mass is 10.2. The Hall–Kier alpha value is -1.25. The molecule has 0 amide bonds. The van der Waals surface area contributed by atoms with Gasteiger partial charge in [0.15, 0.2) is 0 Å². The fourth-order valence-corrected chi connectivity index (χ4v) is 2.28. The lowest BCUT2D eigenvalue weighted by Crippen LogP contribution is -2.29. The smallest absolute Gasteiger partial charge is 0.129 e. The van der Waals surface area contributed by atoms with E-state index < -0.39 is 0 Å². The fourth-order valence-electron chi connectivity index (χ4n) is 2.28. The van der Waals surface area contributed by atoms with Gasteiger partial charge in [0, 0.05) is 12.6 Å². The second-order valence-corrected chi connectivity index (χ2v) is 4.24. The Labute approximate surface area is 91.3 Å². The van der Waals surface area contributed by atoms with Crippen molar-refractivity contribution in [2.75, 3.05) is 17.2 Å². The first-order valence-corrected chi connectivity index (χ1v) is 5.72. The molecular weight excluding hydrogens is 186 g/mol. The molecule has 2 N–H and O–H groups in total. The second-order valence-electron chi connectivity index (χ2n) is 4.24. The number of aromatic nitrogens is 1. The van der Waals surface area contributed by atoms with Gasteiger partial charge < -0.3 is 10.6 Å². The van der Waals surface area contributed by atoms with Crippen LogP contribution in [0.4, 0.5) is 11.5 Å². The van der Waals surface area contributed by atoms with Gasteiger partial charge in [-0.15, -0.1) is 0 Å². The first-order valence-electron chi connectivity index (χ1n) is 5.72. The summed E-state index contributed by atoms with van der Waals surface area (Å²) in [5, 5.41) is 0. The van der Waals surface area contributed by atoms with E-state index in [2.05, 4.69) is 16.8 Å². The summed E-state index contributed by atoms with van der Waals surface area (Å²) in [4.78, 5) is 6.96. The zero-order valence-corrected chi connectivity index (χ0v) is 9.53. The minimum absolute atomic E-state index is 0.667. The number of hydrogen-bond acceptors (Lipinski definition) is 3. The SMILES string of the molecule is CCC1CCCN1c1ccc(N)c(C)n1. The molecule has 0 aromatic carbocycles. The fraction of sp³-hybridized carbons (Fsp3) is 0.583. The molecule has 2 rings (SSSR count). The maximum atomic E-state index is 5.77. The third-order valence-corrected chi connectivity index (χ3v) is 3.25. The predicted octanol–water partition coefficient (Wildman–Crippen LogP) is 2.35. The van der Waals surface area contributed by atoms with Crippen molar-refractivity contribution in [1.29, 1.82) is 0 Å². The van der Waals surface area contributed by atoms with E-state index >= 15 is 0 Å². The molecule has 3 nitrogen and oxygen atoms in total. The van der Waals surface area contributed by atoms with E-state index in [0.717, 1.165) is 23.7 Å². The normalized spacial score (nSPS) is 20.9. The monoisotopic (exact) mass is 205 g/mol. The molecule has 1 aromatic heterocycles. The molecule has 0 saturated carbocycles. The van der Waals surface area contributed by atoms with Crippen LogP contribution in [0.25, 0.3) is 0 Å². The zero-order chi connectivity index (χ0) is 10.8. The molecule has 1 unspecified atom stereocenters. The van der Waals surface area contributed by atoms with E-state index in [1.54, 1.807) is 0 Å². The Morgan fingerprint density at radius 2 is 2.33 bits per heavy atom. The Bertz CT molecular complexity index is 349. The molecule has 1 saturated heterocycles. The molecule has 1 fully saturated rings. The van der Waals surface area contributed by atoms with Crippen molar-refractivity contribution >= 4 is 11.5 Å². The van der Waals surface area contributed by atoms with E-state index in [9.17, 15) is 0 Å². The summed E-state index contributed by atoms with van der Waals surface area (Å²) in [6.45, 7) is 5.35. The third-order valence-electron chi connectivity index (χ3n) is 3.25. The van der Waals surface area contributed by atoms with E-state index in [1.807, 2.05) is 19.1 Å². The minimum atomic E-state index is 0.667. The van der Waals surface area contributed by atoms with Crippen molar-refractivity contribution in [3.63, 3.8) is 0 Å². The van der Waals surface area contributed by atoms with E-state index in [4.69, 9.17) is 5.73 Å². The number of hydrogen-bond donors (Lipinski definition) is 1. The maximum absolute atomic E-state index is 5.77. The zero-order valence-electron chi connectivity index (χ0n) is 9.53. The van der Waals surface area contributed by atoms with Crippen LogP contribution in [0.5, 0.6) is 0 Å². The summed E-state index contributed by atoms with van der Waals surface area (Å²) in [5.41, 5.74) is 7.50. The highest BCUT2D eigenvalue weighted by atomic mass is 15.2. The molecule has 0 spiro atoms. The van der Waals surface area contributed by atoms with Gasteiger partial charge in [-0.25, -0.2) is 4.98 Å². The van der Waals surface area contributed by atoms with E-state index in [-0.39, 0.29) is 0 Å². The Morgan fingerprint density at radius 3 is 3.00 bits per heavy atom. The largest absolute Gasteiger partial charge is 0.397 e. The van der Waals surface area contributed by atoms with Gasteiger partial charge in [-0.1, -0.05) is 6.92 Å². The highest BCUT2D eigenvalue weighted by Crippen LogP contribution is 2.26. The van der Waals surface area contributed by atoms with Crippen LogP contribution in [0, 0.1) is 6.92 Å². The number of nitrogen functional groups attached to an aromatic ring is 1. The van der Waals surface area contributed by atoms with Crippen LogP contribution in [0.2, 0.25) is 0 Å². The number of aryl methyl sites for hydroxylation is 1. The first-order chi connectivity index (χ1) is 7.22. The summed E-state index contributed by atoms with van der Waals surface area (Å²) < 4.78 is 0. The average Bonchev–Trinajstić information content (AvgIpc) is 2.70. The molecule has 1 aromatic rings. The molecule has 0 bridgehead atoms. The van der Waals surface area contributed by atoms with Gasteiger partial charge in [-0.05, 0) is 38.3 Å². The van der Waals surface area contributed by atoms with Crippen LogP contribution < -0.4 is 10.6 Å². The van der Waals surface area contributed by atoms with Gasteiger partial charge in [0.1, 0.15) is 5.82 Å². The Balaban J connectivity index is 2.25. The lowest BCUT2D eigenvalue weighted by molar-refractivity contribution is 0.640. The number of rotatable bonds is 2. The molecular formula is C12H19N3. The molecule has 1 aliphatic rings. The number of nitrogens with two attached hydrogens (primary N) is 1. The first kappa shape index (κ1) is 10.3. The van der Waals surface area contributed by atoms with Crippen molar-refractivity contribution in [1.82, 2.24) is 4.98 Å². The van der Waals surface area contributed by atoms with Gasteiger partial charge in [0.25, 0.3) is 0 Å². The van der Waals surface area contributed by atoms with Crippen molar-refractivity contribution in [2.45, 2.75) is 39.2 Å². The summed E-state index contributed by atoms with van der Waals surface area (Å²) >= 11 is 0. The van der Waals surface area contributed by atoms with Gasteiger partial charge in [0.2, 0.25) is 0 Å². The summed E-state index contributed by atoms with van der Waals surface area (Å²) in [5.74, 6) is 1.09. The van der Waals surface area contributed by atoms with Gasteiger partial charge >= 0.3 is 0 Å². The summed E-state index contributed by atoms with van der Waals surface area (Å²) in [7, 11) is 0. The van der Waals surface area contributed by atoms with Crippen molar-refractivity contribution in [3.05, 3.63) is 17.8 Å². The Morgan fingerprint density at radius 1 is 1.53 bits per heavy atom. The predicted molar refractivity (Wildman–Crippen MR) is 64.0 cm³/mol. The van der Waals surface area contributed by atoms with Gasteiger partial charge in [-0.2, -0.15) is 0 Å². The third kappa shape index (κ3) is 1.91. The molecule has 15 heavy (non-hydrogen) atoms. The van der Waals surface area contributed by atoms with Crippen molar-refractivity contribution < 1.29 is 0 Å². The van der Waals surface area contributed by atoms with Crippen molar-refractivity contribution in [2.24, 2.45) is 0 Å². The van der Waals surface area contributed by atoms with E-state index in [0.29, 0.717) is 6.04 Å². The van der Waals surface area contributed by atoms with Crippen LogP contribution in [0.15, 0.2) is 12.1 Å². The van der Waals surface area contributed by atoms with Crippen LogP contribution in [-0.2, 0) is 0 Å². The molecule has 2 heterocycles. The molecule has 82 valence electrons. The maximum Gasteiger partial charge on any atom is 0.129 e. The highest BCUT2D eigenvalue weighted by molar-refractivity contribution is 5.51. The molecule has 0 aliphatic carbocycles. The highest BCUT2D eigenvalue weighted by Gasteiger charge is 2.23. The number of pyridine rings is 1. The molecule has 1 atom stereocenters. The molecule has 3 heteroatoms. The van der Waals surface area contributed by atoms with E-state index in [1.165, 1.54) is 19.3 Å². The quantitative estimate of drug-likeness (QED) is 0.806.